The van der Waals surface area contributed by atoms with Gasteiger partial charge in [0.05, 0.1) is 18.8 Å². The van der Waals surface area contributed by atoms with Crippen LogP contribution in [-0.4, -0.2) is 34.9 Å². The summed E-state index contributed by atoms with van der Waals surface area (Å²) in [5, 5.41) is 23.0. The highest BCUT2D eigenvalue weighted by Gasteiger charge is 2.30. The minimum Gasteiger partial charge on any atom is -0.394 e. The number of unbranched alkanes of at least 4 members (excludes halogenated alkanes) is 17. The van der Waals surface area contributed by atoms with E-state index in [-0.39, 0.29) is 19.1 Å². The van der Waals surface area contributed by atoms with Crippen LogP contribution in [0.15, 0.2) is 24.3 Å². The van der Waals surface area contributed by atoms with E-state index in [4.69, 9.17) is 0 Å². The van der Waals surface area contributed by atoms with Crippen molar-refractivity contribution in [1.82, 2.24) is 5.32 Å². The van der Waals surface area contributed by atoms with Crippen LogP contribution in [0, 0.1) is 0 Å². The largest absolute Gasteiger partial charge is 0.394 e. The molecule has 226 valence electrons. The van der Waals surface area contributed by atoms with Gasteiger partial charge in [0.1, 0.15) is 0 Å². The molecular formula is C35H63NO3. The van der Waals surface area contributed by atoms with Crippen molar-refractivity contribution in [1.29, 1.82) is 0 Å². The number of amides is 1. The Morgan fingerprint density at radius 3 is 1.41 bits per heavy atom. The lowest BCUT2D eigenvalue weighted by molar-refractivity contribution is -0.124. The maximum Gasteiger partial charge on any atom is 0.220 e. The third kappa shape index (κ3) is 18.6. The Hall–Kier alpha value is -1.39. The van der Waals surface area contributed by atoms with Gasteiger partial charge in [-0.1, -0.05) is 147 Å². The zero-order chi connectivity index (χ0) is 28.4. The van der Waals surface area contributed by atoms with Crippen LogP contribution in [0.3, 0.4) is 0 Å². The van der Waals surface area contributed by atoms with Gasteiger partial charge in [0.2, 0.25) is 5.91 Å². The summed E-state index contributed by atoms with van der Waals surface area (Å²) in [6.07, 6.45) is 27.4. The van der Waals surface area contributed by atoms with Crippen LogP contribution in [0.2, 0.25) is 0 Å². The number of rotatable bonds is 27. The number of benzene rings is 1. The lowest BCUT2D eigenvalue weighted by atomic mass is 9.91. The first-order valence-electron chi connectivity index (χ1n) is 16.7. The van der Waals surface area contributed by atoms with Crippen molar-refractivity contribution in [2.45, 2.75) is 167 Å². The van der Waals surface area contributed by atoms with Crippen LogP contribution < -0.4 is 5.32 Å². The highest BCUT2D eigenvalue weighted by atomic mass is 16.3. The molecule has 1 rings (SSSR count). The molecule has 39 heavy (non-hydrogen) atoms. The van der Waals surface area contributed by atoms with Crippen LogP contribution in [0.4, 0.5) is 0 Å². The lowest BCUT2D eigenvalue weighted by Gasteiger charge is -2.31. The molecule has 4 heteroatoms. The van der Waals surface area contributed by atoms with Crippen LogP contribution in [0.25, 0.3) is 0 Å². The Bertz CT molecular complexity index is 684. The van der Waals surface area contributed by atoms with Crippen LogP contribution >= 0.6 is 0 Å². The fourth-order valence-electron chi connectivity index (χ4n) is 5.38. The molecule has 3 N–H and O–H groups in total. The molecule has 0 spiro atoms. The molecule has 0 fully saturated rings. The SMILES string of the molecule is CCCCCCCCCCCCCCCC(=O)NC(CO)(CO)CCc1ccc(CCCCCCCC)cc1. The fourth-order valence-corrected chi connectivity index (χ4v) is 5.38. The summed E-state index contributed by atoms with van der Waals surface area (Å²) >= 11 is 0. The second-order valence-corrected chi connectivity index (χ2v) is 12.0. The molecule has 0 bridgehead atoms. The average molecular weight is 546 g/mol. The predicted octanol–water partition coefficient (Wildman–Crippen LogP) is 8.84. The first-order chi connectivity index (χ1) is 19.1. The van der Waals surface area contributed by atoms with E-state index in [9.17, 15) is 15.0 Å². The molecule has 0 aliphatic carbocycles. The number of carbonyl (C=O) groups excluding carboxylic acids is 1. The molecule has 0 aliphatic heterocycles. The minimum atomic E-state index is -0.954. The third-order valence-corrected chi connectivity index (χ3v) is 8.25. The van der Waals surface area contributed by atoms with Gasteiger partial charge in [0.25, 0.3) is 0 Å². The smallest absolute Gasteiger partial charge is 0.220 e. The van der Waals surface area contributed by atoms with Crippen LogP contribution in [0.1, 0.15) is 160 Å². The molecule has 0 saturated carbocycles. The summed E-state index contributed by atoms with van der Waals surface area (Å²) in [5.74, 6) is -0.0598. The molecule has 0 radical (unpaired) electrons. The molecule has 0 saturated heterocycles. The lowest BCUT2D eigenvalue weighted by Crippen LogP contribution is -2.54. The van der Waals surface area contributed by atoms with Gasteiger partial charge in [-0.25, -0.2) is 0 Å². The highest BCUT2D eigenvalue weighted by molar-refractivity contribution is 5.76. The van der Waals surface area contributed by atoms with Crippen molar-refractivity contribution in [3.63, 3.8) is 0 Å². The van der Waals surface area contributed by atoms with Gasteiger partial charge in [-0.05, 0) is 43.2 Å². The number of aryl methyl sites for hydroxylation is 2. The Balaban J connectivity index is 2.20. The molecular weight excluding hydrogens is 482 g/mol. The number of hydrogen-bond donors (Lipinski definition) is 3. The summed E-state index contributed by atoms with van der Waals surface area (Å²) in [7, 11) is 0. The van der Waals surface area contributed by atoms with Crippen molar-refractivity contribution in [2.24, 2.45) is 0 Å². The van der Waals surface area contributed by atoms with Crippen LogP contribution in [0.5, 0.6) is 0 Å². The molecule has 0 heterocycles. The number of hydrogen-bond acceptors (Lipinski definition) is 3. The van der Waals surface area contributed by atoms with Gasteiger partial charge < -0.3 is 15.5 Å². The second-order valence-electron chi connectivity index (χ2n) is 12.0. The number of aliphatic hydroxyl groups excluding tert-OH is 2. The maximum atomic E-state index is 12.6. The number of nitrogens with one attached hydrogen (secondary N) is 1. The van der Waals surface area contributed by atoms with Gasteiger partial charge in [0.15, 0.2) is 0 Å². The highest BCUT2D eigenvalue weighted by Crippen LogP contribution is 2.18. The van der Waals surface area contributed by atoms with Gasteiger partial charge >= 0.3 is 0 Å². The van der Waals surface area contributed by atoms with Gasteiger partial charge in [-0.15, -0.1) is 0 Å². The zero-order valence-electron chi connectivity index (χ0n) is 25.8. The van der Waals surface area contributed by atoms with E-state index < -0.39 is 5.54 Å². The first kappa shape index (κ1) is 35.6. The van der Waals surface area contributed by atoms with E-state index in [1.807, 2.05) is 0 Å². The quantitative estimate of drug-likeness (QED) is 0.0967. The molecule has 1 aromatic rings. The summed E-state index contributed by atoms with van der Waals surface area (Å²) in [5.41, 5.74) is 1.60. The molecule has 1 amide bonds. The Labute approximate surface area is 241 Å². The number of aliphatic hydroxyl groups is 2. The van der Waals surface area contributed by atoms with E-state index in [1.54, 1.807) is 0 Å². The van der Waals surface area contributed by atoms with Gasteiger partial charge in [-0.3, -0.25) is 4.79 Å². The summed E-state index contributed by atoms with van der Waals surface area (Å²) < 4.78 is 0. The van der Waals surface area contributed by atoms with Crippen molar-refractivity contribution in [3.8, 4) is 0 Å². The molecule has 0 aliphatic rings. The van der Waals surface area contributed by atoms with E-state index in [2.05, 4.69) is 43.4 Å². The van der Waals surface area contributed by atoms with Crippen molar-refractivity contribution in [2.75, 3.05) is 13.2 Å². The second kappa shape index (κ2) is 24.4. The molecule has 0 unspecified atom stereocenters. The third-order valence-electron chi connectivity index (χ3n) is 8.25. The van der Waals surface area contributed by atoms with E-state index in [0.29, 0.717) is 12.8 Å². The van der Waals surface area contributed by atoms with Gasteiger partial charge in [-0.2, -0.15) is 0 Å². The zero-order valence-corrected chi connectivity index (χ0v) is 25.8. The monoisotopic (exact) mass is 545 g/mol. The fraction of sp³-hybridized carbons (Fsp3) is 0.800. The molecule has 4 nitrogen and oxygen atoms in total. The predicted molar refractivity (Wildman–Crippen MR) is 167 cm³/mol. The van der Waals surface area contributed by atoms with Crippen molar-refractivity contribution < 1.29 is 15.0 Å². The normalized spacial score (nSPS) is 11.7. The summed E-state index contributed by atoms with van der Waals surface area (Å²) in [6, 6.07) is 8.71. The Kier molecular flexibility index (Phi) is 22.3. The standard InChI is InChI=1S/C35H63NO3/c1-3-5-7-9-11-12-13-14-15-16-17-19-21-23-34(39)36-35(30-37,31-38)29-28-33-26-24-32(25-27-33)22-20-18-10-8-6-4-2/h24-27,37-38H,3-23,28-31H2,1-2H3,(H,36,39). The Morgan fingerprint density at radius 2 is 0.974 bits per heavy atom. The van der Waals surface area contributed by atoms with Crippen LogP contribution in [-0.2, 0) is 17.6 Å². The van der Waals surface area contributed by atoms with Gasteiger partial charge in [0, 0.05) is 6.42 Å². The first-order valence-corrected chi connectivity index (χ1v) is 16.7. The average Bonchev–Trinajstić information content (AvgIpc) is 2.96. The minimum absolute atomic E-state index is 0.0598. The van der Waals surface area contributed by atoms with Crippen molar-refractivity contribution >= 4 is 5.91 Å². The number of carbonyl (C=O) groups is 1. The maximum absolute atomic E-state index is 12.6. The molecule has 1 aromatic carbocycles. The Morgan fingerprint density at radius 1 is 0.590 bits per heavy atom. The summed E-state index contributed by atoms with van der Waals surface area (Å²) in [6.45, 7) is 4.03. The molecule has 0 aromatic heterocycles. The molecule has 0 atom stereocenters. The van der Waals surface area contributed by atoms with E-state index in [1.165, 1.54) is 120 Å². The van der Waals surface area contributed by atoms with E-state index >= 15 is 0 Å². The summed E-state index contributed by atoms with van der Waals surface area (Å²) in [4.78, 5) is 12.6. The van der Waals surface area contributed by atoms with E-state index in [0.717, 1.165) is 25.7 Å². The topological polar surface area (TPSA) is 69.6 Å². The van der Waals surface area contributed by atoms with Crippen molar-refractivity contribution in [3.05, 3.63) is 35.4 Å².